The van der Waals surface area contributed by atoms with Crippen LogP contribution in [0.1, 0.15) is 13.3 Å². The zero-order valence-electron chi connectivity index (χ0n) is 8.53. The summed E-state index contributed by atoms with van der Waals surface area (Å²) in [4.78, 5) is 10.8. The molecule has 0 aliphatic rings. The van der Waals surface area contributed by atoms with Crippen molar-refractivity contribution in [2.24, 2.45) is 5.14 Å². The molecule has 0 saturated carbocycles. The molecule has 0 unspecified atom stereocenters. The van der Waals surface area contributed by atoms with Gasteiger partial charge in [-0.1, -0.05) is 6.92 Å². The molecule has 0 saturated heterocycles. The fourth-order valence-electron chi connectivity index (χ4n) is 1.02. The molecule has 1 rings (SSSR count). The summed E-state index contributed by atoms with van der Waals surface area (Å²) in [7, 11) is -3.90. The van der Waals surface area contributed by atoms with Gasteiger partial charge in [0.05, 0.1) is 10.6 Å². The molecule has 0 atom stereocenters. The van der Waals surface area contributed by atoms with Gasteiger partial charge in [0.1, 0.15) is 5.82 Å². The molecule has 3 N–H and O–H groups in total. The Morgan fingerprint density at radius 2 is 2.12 bits per heavy atom. The van der Waals surface area contributed by atoms with E-state index in [1.54, 1.807) is 6.92 Å². The summed E-state index contributed by atoms with van der Waals surface area (Å²) < 4.78 is 35.2. The molecule has 16 heavy (non-hydrogen) atoms. The summed E-state index contributed by atoms with van der Waals surface area (Å²) in [6.07, 6.45) is 0.166. The van der Waals surface area contributed by atoms with Crippen LogP contribution in [0, 0.1) is 5.82 Å². The smallest absolute Gasteiger partial charge is 0.238 e. The maximum absolute atomic E-state index is 13.2. The van der Waals surface area contributed by atoms with Crippen molar-refractivity contribution in [2.75, 3.05) is 5.32 Å². The molecule has 88 valence electrons. The maximum atomic E-state index is 13.2. The van der Waals surface area contributed by atoms with E-state index < -0.39 is 21.7 Å². The lowest BCUT2D eigenvalue weighted by atomic mass is 10.3. The Morgan fingerprint density at radius 1 is 1.50 bits per heavy atom. The van der Waals surface area contributed by atoms with Gasteiger partial charge in [0.2, 0.25) is 15.9 Å². The van der Waals surface area contributed by atoms with Crippen molar-refractivity contribution < 1.29 is 17.6 Å². The van der Waals surface area contributed by atoms with Crippen molar-refractivity contribution in [3.8, 4) is 0 Å². The van der Waals surface area contributed by atoms with E-state index in [0.29, 0.717) is 0 Å². The lowest BCUT2D eigenvalue weighted by Gasteiger charge is -2.06. The van der Waals surface area contributed by atoms with Crippen molar-refractivity contribution in [2.45, 2.75) is 18.2 Å². The van der Waals surface area contributed by atoms with Crippen molar-refractivity contribution >= 4 is 21.6 Å². The molecule has 0 aromatic heterocycles. The van der Waals surface area contributed by atoms with E-state index in [1.165, 1.54) is 0 Å². The molecule has 5 nitrogen and oxygen atoms in total. The average molecular weight is 246 g/mol. The number of nitrogens with two attached hydrogens (primary N) is 1. The first-order chi connectivity index (χ1) is 7.34. The van der Waals surface area contributed by atoms with Gasteiger partial charge in [0.15, 0.2) is 0 Å². The van der Waals surface area contributed by atoms with Gasteiger partial charge >= 0.3 is 0 Å². The summed E-state index contributed by atoms with van der Waals surface area (Å²) in [5, 5.41) is 7.11. The second-order valence-electron chi connectivity index (χ2n) is 3.09. The highest BCUT2D eigenvalue weighted by molar-refractivity contribution is 7.89. The minimum Gasteiger partial charge on any atom is -0.324 e. The zero-order chi connectivity index (χ0) is 12.3. The van der Waals surface area contributed by atoms with Crippen LogP contribution in [-0.4, -0.2) is 14.3 Å². The van der Waals surface area contributed by atoms with Crippen LogP contribution in [0.4, 0.5) is 10.1 Å². The Kier molecular flexibility index (Phi) is 3.61. The third kappa shape index (κ3) is 3.01. The van der Waals surface area contributed by atoms with E-state index in [4.69, 9.17) is 5.14 Å². The minimum absolute atomic E-state index is 0.166. The number of carbonyl (C=O) groups excluding carboxylic acids is 1. The Bertz CT molecular complexity index is 513. The monoisotopic (exact) mass is 246 g/mol. The molecule has 0 aliphatic heterocycles. The predicted octanol–water partition coefficient (Wildman–Crippen LogP) is 0.822. The highest BCUT2D eigenvalue weighted by atomic mass is 32.2. The second kappa shape index (κ2) is 4.58. The van der Waals surface area contributed by atoms with Crippen LogP contribution in [-0.2, 0) is 14.8 Å². The molecule has 0 radical (unpaired) electrons. The molecule has 1 amide bonds. The van der Waals surface area contributed by atoms with Gasteiger partial charge in [-0.2, -0.15) is 0 Å². The Morgan fingerprint density at radius 3 is 2.62 bits per heavy atom. The fraction of sp³-hybridized carbons (Fsp3) is 0.222. The Hall–Kier alpha value is -1.47. The van der Waals surface area contributed by atoms with E-state index in [-0.39, 0.29) is 17.0 Å². The highest BCUT2D eigenvalue weighted by Gasteiger charge is 2.12. The van der Waals surface area contributed by atoms with Crippen molar-refractivity contribution in [1.29, 1.82) is 0 Å². The largest absolute Gasteiger partial charge is 0.324 e. The van der Waals surface area contributed by atoms with Crippen LogP contribution in [0.25, 0.3) is 0 Å². The number of anilines is 1. The first-order valence-electron chi connectivity index (χ1n) is 4.46. The number of primary sulfonamides is 1. The first-order valence-corrected chi connectivity index (χ1v) is 6.01. The summed E-state index contributed by atoms with van der Waals surface area (Å²) >= 11 is 0. The number of benzene rings is 1. The third-order valence-corrected chi connectivity index (χ3v) is 2.77. The van der Waals surface area contributed by atoms with Gasteiger partial charge in [0.25, 0.3) is 0 Å². The number of halogens is 1. The number of rotatable bonds is 3. The number of carbonyl (C=O) groups is 1. The molecule has 0 fully saturated rings. The number of hydrogen-bond donors (Lipinski definition) is 2. The van der Waals surface area contributed by atoms with Crippen molar-refractivity contribution in [3.63, 3.8) is 0 Å². The van der Waals surface area contributed by atoms with Crippen LogP contribution in [0.15, 0.2) is 23.1 Å². The standard InChI is InChI=1S/C9H11FN2O3S/c1-2-9(13)12-8-5-6(16(11,14)15)3-4-7(8)10/h3-5H,2H2,1H3,(H,12,13)(H2,11,14,15). The Labute approximate surface area is 92.5 Å². The predicted molar refractivity (Wildman–Crippen MR) is 56.7 cm³/mol. The number of hydrogen-bond acceptors (Lipinski definition) is 3. The SMILES string of the molecule is CCC(=O)Nc1cc(S(N)(=O)=O)ccc1F. The van der Waals surface area contributed by atoms with E-state index in [9.17, 15) is 17.6 Å². The third-order valence-electron chi connectivity index (χ3n) is 1.86. The van der Waals surface area contributed by atoms with Crippen LogP contribution >= 0.6 is 0 Å². The summed E-state index contributed by atoms with van der Waals surface area (Å²) in [6.45, 7) is 1.59. The van der Waals surface area contributed by atoms with Crippen molar-refractivity contribution in [1.82, 2.24) is 0 Å². The van der Waals surface area contributed by atoms with Gasteiger partial charge in [-0.3, -0.25) is 4.79 Å². The molecule has 0 bridgehead atoms. The van der Waals surface area contributed by atoms with Crippen molar-refractivity contribution in [3.05, 3.63) is 24.0 Å². The van der Waals surface area contributed by atoms with Gasteiger partial charge in [-0.05, 0) is 18.2 Å². The molecule has 0 aliphatic carbocycles. The van der Waals surface area contributed by atoms with Gasteiger partial charge < -0.3 is 5.32 Å². The number of nitrogens with one attached hydrogen (secondary N) is 1. The van der Waals surface area contributed by atoms with E-state index >= 15 is 0 Å². The highest BCUT2D eigenvalue weighted by Crippen LogP contribution is 2.18. The summed E-state index contributed by atoms with van der Waals surface area (Å²) in [5.41, 5.74) is -0.196. The molecular weight excluding hydrogens is 235 g/mol. The zero-order valence-corrected chi connectivity index (χ0v) is 9.34. The average Bonchev–Trinajstić information content (AvgIpc) is 2.19. The maximum Gasteiger partial charge on any atom is 0.238 e. The van der Waals surface area contributed by atoms with E-state index in [2.05, 4.69) is 5.32 Å². The van der Waals surface area contributed by atoms with Gasteiger partial charge in [-0.25, -0.2) is 17.9 Å². The molecule has 0 spiro atoms. The van der Waals surface area contributed by atoms with Crippen LogP contribution in [0.2, 0.25) is 0 Å². The fourth-order valence-corrected chi connectivity index (χ4v) is 1.56. The van der Waals surface area contributed by atoms with Crippen LogP contribution < -0.4 is 10.5 Å². The Balaban J connectivity index is 3.14. The second-order valence-corrected chi connectivity index (χ2v) is 4.65. The van der Waals surface area contributed by atoms with Crippen LogP contribution in [0.5, 0.6) is 0 Å². The lowest BCUT2D eigenvalue weighted by molar-refractivity contribution is -0.115. The van der Waals surface area contributed by atoms with Gasteiger partial charge in [-0.15, -0.1) is 0 Å². The normalized spacial score (nSPS) is 11.2. The summed E-state index contributed by atoms with van der Waals surface area (Å²) in [6, 6.07) is 2.95. The minimum atomic E-state index is -3.90. The first kappa shape index (κ1) is 12.6. The van der Waals surface area contributed by atoms with E-state index in [0.717, 1.165) is 18.2 Å². The van der Waals surface area contributed by atoms with Gasteiger partial charge in [0, 0.05) is 6.42 Å². The molecular formula is C9H11FN2O3S. The van der Waals surface area contributed by atoms with E-state index in [1.807, 2.05) is 0 Å². The molecule has 7 heteroatoms. The van der Waals surface area contributed by atoms with Crippen LogP contribution in [0.3, 0.4) is 0 Å². The quantitative estimate of drug-likeness (QED) is 0.827. The molecule has 1 aromatic rings. The lowest BCUT2D eigenvalue weighted by Crippen LogP contribution is -2.15. The number of amides is 1. The number of sulfonamides is 1. The summed E-state index contributed by atoms with van der Waals surface area (Å²) in [5.74, 6) is -1.13. The molecule has 1 aromatic carbocycles. The topological polar surface area (TPSA) is 89.3 Å². The molecule has 0 heterocycles.